The van der Waals surface area contributed by atoms with Crippen molar-refractivity contribution >= 4 is 12.0 Å². The van der Waals surface area contributed by atoms with Crippen LogP contribution in [0.4, 0.5) is 0 Å². The molecule has 104 valence electrons. The van der Waals surface area contributed by atoms with E-state index in [2.05, 4.69) is 17.3 Å². The number of carbonyl (C=O) groups excluding carboxylic acids is 1. The molecule has 0 spiro atoms. The summed E-state index contributed by atoms with van der Waals surface area (Å²) in [4.78, 5) is 11.9. The maximum absolute atomic E-state index is 11.9. The minimum absolute atomic E-state index is 0.00162. The van der Waals surface area contributed by atoms with Gasteiger partial charge in [-0.1, -0.05) is 6.92 Å². The molecular weight excluding hydrogens is 238 g/mol. The highest BCUT2D eigenvalue weighted by atomic mass is 16.1. The highest BCUT2D eigenvalue weighted by Crippen LogP contribution is 2.24. The molecule has 4 heteroatoms. The van der Waals surface area contributed by atoms with Crippen molar-refractivity contribution in [3.8, 4) is 0 Å². The highest BCUT2D eigenvalue weighted by Gasteiger charge is 2.21. The molecule has 0 aromatic carbocycles. The van der Waals surface area contributed by atoms with Crippen molar-refractivity contribution in [2.24, 2.45) is 13.0 Å². The van der Waals surface area contributed by atoms with E-state index in [1.165, 1.54) is 6.42 Å². The van der Waals surface area contributed by atoms with E-state index in [4.69, 9.17) is 0 Å². The van der Waals surface area contributed by atoms with E-state index in [1.54, 1.807) is 6.08 Å². The summed E-state index contributed by atoms with van der Waals surface area (Å²) in [5, 5.41) is 7.41. The van der Waals surface area contributed by atoms with Gasteiger partial charge in [0.15, 0.2) is 0 Å². The normalized spacial score (nSPS) is 23.2. The van der Waals surface area contributed by atoms with E-state index < -0.39 is 0 Å². The lowest BCUT2D eigenvalue weighted by atomic mass is 10.1. The lowest BCUT2D eigenvalue weighted by Gasteiger charge is -2.10. The first-order chi connectivity index (χ1) is 8.97. The molecule has 1 fully saturated rings. The number of carbonyl (C=O) groups is 1. The monoisotopic (exact) mass is 261 g/mol. The summed E-state index contributed by atoms with van der Waals surface area (Å²) >= 11 is 0. The zero-order valence-electron chi connectivity index (χ0n) is 12.2. The van der Waals surface area contributed by atoms with Crippen LogP contribution >= 0.6 is 0 Å². The number of rotatable bonds is 3. The molecule has 1 aromatic rings. The molecular formula is C15H23N3O. The minimum atomic E-state index is 0.00162. The third kappa shape index (κ3) is 3.25. The third-order valence-corrected chi connectivity index (χ3v) is 4.01. The predicted molar refractivity (Wildman–Crippen MR) is 76.7 cm³/mol. The first kappa shape index (κ1) is 13.8. The van der Waals surface area contributed by atoms with Gasteiger partial charge in [0.1, 0.15) is 0 Å². The highest BCUT2D eigenvalue weighted by molar-refractivity contribution is 5.92. The molecule has 0 bridgehead atoms. The summed E-state index contributed by atoms with van der Waals surface area (Å²) in [6.45, 7) is 6.21. The van der Waals surface area contributed by atoms with Gasteiger partial charge in [-0.15, -0.1) is 0 Å². The standard InChI is InChI=1S/C15H23N3O/c1-10-5-6-13(9-10)16-15(19)8-7-14-11(2)17-18(4)12(14)3/h7-8,10,13H,5-6,9H2,1-4H3,(H,16,19)/b8-7+. The van der Waals surface area contributed by atoms with Gasteiger partial charge < -0.3 is 5.32 Å². The van der Waals surface area contributed by atoms with Crippen LogP contribution < -0.4 is 5.32 Å². The summed E-state index contributed by atoms with van der Waals surface area (Å²) in [5.41, 5.74) is 3.08. The van der Waals surface area contributed by atoms with Gasteiger partial charge in [-0.05, 0) is 45.1 Å². The Morgan fingerprint density at radius 3 is 2.68 bits per heavy atom. The van der Waals surface area contributed by atoms with E-state index in [-0.39, 0.29) is 5.91 Å². The number of hydrogen-bond acceptors (Lipinski definition) is 2. The van der Waals surface area contributed by atoms with Crippen molar-refractivity contribution in [3.63, 3.8) is 0 Å². The fraction of sp³-hybridized carbons (Fsp3) is 0.600. The van der Waals surface area contributed by atoms with E-state index in [1.807, 2.05) is 31.7 Å². The lowest BCUT2D eigenvalue weighted by molar-refractivity contribution is -0.117. The first-order valence-corrected chi connectivity index (χ1v) is 6.96. The number of nitrogens with one attached hydrogen (secondary N) is 1. The molecule has 1 aromatic heterocycles. The fourth-order valence-corrected chi connectivity index (χ4v) is 2.78. The average Bonchev–Trinajstić information content (AvgIpc) is 2.83. The number of hydrogen-bond donors (Lipinski definition) is 1. The van der Waals surface area contributed by atoms with Crippen LogP contribution in [0.1, 0.15) is 43.1 Å². The molecule has 0 radical (unpaired) electrons. The maximum Gasteiger partial charge on any atom is 0.244 e. The second kappa shape index (κ2) is 5.59. The fourth-order valence-electron chi connectivity index (χ4n) is 2.78. The van der Waals surface area contributed by atoms with Crippen molar-refractivity contribution < 1.29 is 4.79 Å². The summed E-state index contributed by atoms with van der Waals surface area (Å²) in [7, 11) is 1.92. The van der Waals surface area contributed by atoms with Gasteiger partial charge in [-0.3, -0.25) is 9.48 Å². The van der Waals surface area contributed by atoms with E-state index in [0.29, 0.717) is 6.04 Å². The Kier molecular flexibility index (Phi) is 4.08. The van der Waals surface area contributed by atoms with Gasteiger partial charge in [-0.2, -0.15) is 5.10 Å². The van der Waals surface area contributed by atoms with Crippen LogP contribution in [0.5, 0.6) is 0 Å². The molecule has 1 amide bonds. The maximum atomic E-state index is 11.9. The molecule has 19 heavy (non-hydrogen) atoms. The van der Waals surface area contributed by atoms with Gasteiger partial charge >= 0.3 is 0 Å². The Morgan fingerprint density at radius 2 is 2.16 bits per heavy atom. The number of amides is 1. The summed E-state index contributed by atoms with van der Waals surface area (Å²) in [6.07, 6.45) is 6.91. The number of aryl methyl sites for hydroxylation is 2. The van der Waals surface area contributed by atoms with Gasteiger partial charge in [0, 0.05) is 30.4 Å². The van der Waals surface area contributed by atoms with Crippen LogP contribution in [0.15, 0.2) is 6.08 Å². The second-order valence-electron chi connectivity index (χ2n) is 5.67. The largest absolute Gasteiger partial charge is 0.350 e. The Bertz CT molecular complexity index is 502. The van der Waals surface area contributed by atoms with Crippen LogP contribution in [0.3, 0.4) is 0 Å². The van der Waals surface area contributed by atoms with Gasteiger partial charge in [0.05, 0.1) is 5.69 Å². The van der Waals surface area contributed by atoms with Crippen molar-refractivity contribution in [1.29, 1.82) is 0 Å². The zero-order valence-corrected chi connectivity index (χ0v) is 12.2. The molecule has 0 saturated heterocycles. The van der Waals surface area contributed by atoms with Crippen molar-refractivity contribution in [3.05, 3.63) is 23.0 Å². The molecule has 1 aliphatic rings. The molecule has 1 N–H and O–H groups in total. The van der Waals surface area contributed by atoms with Gasteiger partial charge in [0.25, 0.3) is 0 Å². The molecule has 1 saturated carbocycles. The van der Waals surface area contributed by atoms with E-state index in [0.717, 1.165) is 35.7 Å². The predicted octanol–water partition coefficient (Wildman–Crippen LogP) is 2.35. The van der Waals surface area contributed by atoms with Crippen LogP contribution in [-0.2, 0) is 11.8 Å². The van der Waals surface area contributed by atoms with Crippen molar-refractivity contribution in [2.45, 2.75) is 46.1 Å². The number of nitrogens with zero attached hydrogens (tertiary/aromatic N) is 2. The van der Waals surface area contributed by atoms with E-state index in [9.17, 15) is 4.79 Å². The average molecular weight is 261 g/mol. The van der Waals surface area contributed by atoms with Gasteiger partial charge in [0.2, 0.25) is 5.91 Å². The molecule has 1 heterocycles. The SMILES string of the molecule is Cc1nn(C)c(C)c1/C=C/C(=O)NC1CCC(C)C1. The summed E-state index contributed by atoms with van der Waals surface area (Å²) in [5.74, 6) is 0.735. The third-order valence-electron chi connectivity index (χ3n) is 4.01. The van der Waals surface area contributed by atoms with Crippen molar-refractivity contribution in [2.75, 3.05) is 0 Å². The summed E-state index contributed by atoms with van der Waals surface area (Å²) in [6, 6.07) is 0.350. The molecule has 2 atom stereocenters. The molecule has 2 rings (SSSR count). The lowest BCUT2D eigenvalue weighted by Crippen LogP contribution is -2.31. The molecule has 4 nitrogen and oxygen atoms in total. The molecule has 2 unspecified atom stereocenters. The Morgan fingerprint density at radius 1 is 1.42 bits per heavy atom. The Labute approximate surface area is 114 Å². The quantitative estimate of drug-likeness (QED) is 0.849. The van der Waals surface area contributed by atoms with Crippen LogP contribution in [-0.4, -0.2) is 21.7 Å². The zero-order chi connectivity index (χ0) is 14.0. The summed E-state index contributed by atoms with van der Waals surface area (Å²) < 4.78 is 1.84. The van der Waals surface area contributed by atoms with Crippen LogP contribution in [0.25, 0.3) is 6.08 Å². The first-order valence-electron chi connectivity index (χ1n) is 6.96. The molecule has 0 aliphatic heterocycles. The van der Waals surface area contributed by atoms with Gasteiger partial charge in [-0.25, -0.2) is 0 Å². The Hall–Kier alpha value is -1.58. The topological polar surface area (TPSA) is 46.9 Å². The number of aromatic nitrogens is 2. The smallest absolute Gasteiger partial charge is 0.244 e. The minimum Gasteiger partial charge on any atom is -0.350 e. The van der Waals surface area contributed by atoms with Crippen LogP contribution in [0.2, 0.25) is 0 Å². The van der Waals surface area contributed by atoms with E-state index >= 15 is 0 Å². The Balaban J connectivity index is 1.96. The second-order valence-corrected chi connectivity index (χ2v) is 5.67. The van der Waals surface area contributed by atoms with Crippen LogP contribution in [0, 0.1) is 19.8 Å². The molecule has 1 aliphatic carbocycles. The van der Waals surface area contributed by atoms with Crippen molar-refractivity contribution in [1.82, 2.24) is 15.1 Å².